The van der Waals surface area contributed by atoms with E-state index in [1.54, 1.807) is 11.3 Å². The molecule has 1 atom stereocenters. The Hall–Kier alpha value is -4.45. The summed E-state index contributed by atoms with van der Waals surface area (Å²) in [6.45, 7) is 0. The van der Waals surface area contributed by atoms with Crippen LogP contribution in [0.25, 0.3) is 21.9 Å². The lowest BCUT2D eigenvalue weighted by Crippen LogP contribution is -2.11. The minimum Gasteiger partial charge on any atom is -0.373 e. The zero-order valence-electron chi connectivity index (χ0n) is 17.6. The number of benzene rings is 4. The number of thiazole rings is 1. The smallest absolute Gasteiger partial charge is 0.0998 e. The molecule has 0 aliphatic heterocycles. The Morgan fingerprint density at radius 2 is 1.64 bits per heavy atom. The fourth-order valence-corrected chi connectivity index (χ4v) is 4.71. The van der Waals surface area contributed by atoms with E-state index in [1.807, 2.05) is 72.4 Å². The van der Waals surface area contributed by atoms with Crippen LogP contribution in [0.4, 0.5) is 5.69 Å². The molecule has 1 aromatic heterocycles. The molecule has 1 unspecified atom stereocenters. The third-order valence-electron chi connectivity index (χ3n) is 5.64. The van der Waals surface area contributed by atoms with Crippen molar-refractivity contribution in [2.24, 2.45) is 0 Å². The molecule has 0 radical (unpaired) electrons. The van der Waals surface area contributed by atoms with Crippen molar-refractivity contribution in [3.05, 3.63) is 118 Å². The summed E-state index contributed by atoms with van der Waals surface area (Å²) in [5.41, 5.74) is 6.92. The lowest BCUT2D eigenvalue weighted by molar-refractivity contribution is 0.959. The largest absolute Gasteiger partial charge is 0.373 e. The summed E-state index contributed by atoms with van der Waals surface area (Å²) in [7, 11) is 0. The van der Waals surface area contributed by atoms with Gasteiger partial charge in [-0.25, -0.2) is 0 Å². The Morgan fingerprint density at radius 1 is 0.818 bits per heavy atom. The van der Waals surface area contributed by atoms with E-state index < -0.39 is 0 Å². The van der Waals surface area contributed by atoms with Gasteiger partial charge in [-0.15, -0.1) is 11.3 Å². The van der Waals surface area contributed by atoms with Gasteiger partial charge in [-0.3, -0.25) is 4.98 Å². The maximum atomic E-state index is 9.80. The Bertz CT molecular complexity index is 1500. The van der Waals surface area contributed by atoms with Crippen LogP contribution in [0.3, 0.4) is 0 Å². The van der Waals surface area contributed by atoms with Crippen molar-refractivity contribution >= 4 is 27.8 Å². The second-order valence-electron chi connectivity index (χ2n) is 7.61. The molecule has 4 aromatic carbocycles. The maximum absolute atomic E-state index is 9.80. The summed E-state index contributed by atoms with van der Waals surface area (Å²) in [4.78, 5) is 5.32. The van der Waals surface area contributed by atoms with Gasteiger partial charge in [0.15, 0.2) is 0 Å². The lowest BCUT2D eigenvalue weighted by Gasteiger charge is -2.20. The average Bonchev–Trinajstić information content (AvgIpc) is 3.42. The lowest BCUT2D eigenvalue weighted by atomic mass is 9.94. The topological polar surface area (TPSA) is 72.5 Å². The number of nitriles is 2. The standard InChI is InChI=1S/C28H18N4S/c29-15-19-8-10-21(11-9-19)28(27-17-31-18-33-27)32-23-13-12-22(16-30)26(14-23)25-7-3-5-20-4-1-2-6-24(20)25/h1-14,17-18,28,32H. The van der Waals surface area contributed by atoms with Crippen LogP contribution in [0.1, 0.15) is 27.6 Å². The van der Waals surface area contributed by atoms with E-state index in [4.69, 9.17) is 5.26 Å². The minimum absolute atomic E-state index is 0.126. The van der Waals surface area contributed by atoms with Gasteiger partial charge in [0.2, 0.25) is 0 Å². The number of anilines is 1. The van der Waals surface area contributed by atoms with E-state index in [1.165, 1.54) is 0 Å². The minimum atomic E-state index is -0.126. The SMILES string of the molecule is N#Cc1ccc(C(Nc2ccc(C#N)c(-c3cccc4ccccc34)c2)c2cncs2)cc1. The summed E-state index contributed by atoms with van der Waals surface area (Å²) in [5, 5.41) is 24.8. The highest BCUT2D eigenvalue weighted by Gasteiger charge is 2.17. The molecule has 5 aromatic rings. The highest BCUT2D eigenvalue weighted by Crippen LogP contribution is 2.35. The predicted octanol–water partition coefficient (Wildman–Crippen LogP) is 6.91. The number of rotatable bonds is 5. The number of hydrogen-bond acceptors (Lipinski definition) is 5. The van der Waals surface area contributed by atoms with E-state index in [2.05, 4.69) is 46.7 Å². The molecule has 156 valence electrons. The van der Waals surface area contributed by atoms with Crippen molar-refractivity contribution in [2.75, 3.05) is 5.32 Å². The summed E-state index contributed by atoms with van der Waals surface area (Å²) >= 11 is 1.57. The first-order chi connectivity index (χ1) is 16.3. The van der Waals surface area contributed by atoms with Gasteiger partial charge in [-0.1, -0.05) is 54.6 Å². The molecule has 1 N–H and O–H groups in total. The van der Waals surface area contributed by atoms with Crippen LogP contribution in [0.15, 0.2) is 96.6 Å². The van der Waals surface area contributed by atoms with Crippen molar-refractivity contribution in [1.82, 2.24) is 4.98 Å². The molecule has 5 heteroatoms. The van der Waals surface area contributed by atoms with Gasteiger partial charge >= 0.3 is 0 Å². The molecule has 33 heavy (non-hydrogen) atoms. The van der Waals surface area contributed by atoms with E-state index in [0.29, 0.717) is 11.1 Å². The Labute approximate surface area is 196 Å². The molecule has 0 amide bonds. The molecular formula is C28H18N4S. The third kappa shape index (κ3) is 4.06. The highest BCUT2D eigenvalue weighted by molar-refractivity contribution is 7.09. The van der Waals surface area contributed by atoms with Crippen molar-refractivity contribution in [2.45, 2.75) is 6.04 Å². The van der Waals surface area contributed by atoms with Crippen molar-refractivity contribution in [1.29, 1.82) is 10.5 Å². The second kappa shape index (κ2) is 8.96. The second-order valence-corrected chi connectivity index (χ2v) is 8.53. The molecule has 0 fully saturated rings. The summed E-state index contributed by atoms with van der Waals surface area (Å²) < 4.78 is 0. The van der Waals surface area contributed by atoms with Gasteiger partial charge < -0.3 is 5.32 Å². The first-order valence-corrected chi connectivity index (χ1v) is 11.3. The molecule has 0 aliphatic carbocycles. The molecule has 0 aliphatic rings. The van der Waals surface area contributed by atoms with E-state index in [9.17, 15) is 5.26 Å². The molecule has 5 rings (SSSR count). The van der Waals surface area contributed by atoms with Gasteiger partial charge in [-0.05, 0) is 52.2 Å². The average molecular weight is 443 g/mol. The van der Waals surface area contributed by atoms with Crippen molar-refractivity contribution in [3.63, 3.8) is 0 Å². The molecular weight excluding hydrogens is 424 g/mol. The van der Waals surface area contributed by atoms with Crippen molar-refractivity contribution in [3.8, 4) is 23.3 Å². The Balaban J connectivity index is 1.59. The van der Waals surface area contributed by atoms with Crippen LogP contribution in [-0.4, -0.2) is 4.98 Å². The van der Waals surface area contributed by atoms with E-state index in [0.717, 1.165) is 38.0 Å². The fraction of sp³-hybridized carbons (Fsp3) is 0.0357. The number of nitrogens with one attached hydrogen (secondary N) is 1. The Kier molecular flexibility index (Phi) is 5.55. The first-order valence-electron chi connectivity index (χ1n) is 10.4. The van der Waals surface area contributed by atoms with Crippen LogP contribution in [0.2, 0.25) is 0 Å². The monoisotopic (exact) mass is 442 g/mol. The predicted molar refractivity (Wildman–Crippen MR) is 133 cm³/mol. The van der Waals surface area contributed by atoms with E-state index in [-0.39, 0.29) is 6.04 Å². The van der Waals surface area contributed by atoms with Crippen molar-refractivity contribution < 1.29 is 0 Å². The fourth-order valence-electron chi connectivity index (χ4n) is 4.02. The first kappa shape index (κ1) is 20.5. The summed E-state index contributed by atoms with van der Waals surface area (Å²) in [5.74, 6) is 0. The number of hydrogen-bond donors (Lipinski definition) is 1. The van der Waals surface area contributed by atoms with Gasteiger partial charge in [0.25, 0.3) is 0 Å². The highest BCUT2D eigenvalue weighted by atomic mass is 32.1. The molecule has 4 nitrogen and oxygen atoms in total. The quantitative estimate of drug-likeness (QED) is 0.321. The van der Waals surface area contributed by atoms with Crippen LogP contribution >= 0.6 is 11.3 Å². The van der Waals surface area contributed by atoms with Gasteiger partial charge in [-0.2, -0.15) is 10.5 Å². The van der Waals surface area contributed by atoms with Crippen LogP contribution < -0.4 is 5.32 Å². The zero-order valence-corrected chi connectivity index (χ0v) is 18.4. The number of aromatic nitrogens is 1. The zero-order chi connectivity index (χ0) is 22.6. The molecule has 1 heterocycles. The third-order valence-corrected chi connectivity index (χ3v) is 6.48. The van der Waals surface area contributed by atoms with Crippen LogP contribution in [0, 0.1) is 22.7 Å². The van der Waals surface area contributed by atoms with Crippen LogP contribution in [-0.2, 0) is 0 Å². The normalized spacial score (nSPS) is 11.5. The van der Waals surface area contributed by atoms with Gasteiger partial charge in [0.05, 0.1) is 39.7 Å². The van der Waals surface area contributed by atoms with Gasteiger partial charge in [0.1, 0.15) is 0 Å². The number of nitrogens with zero attached hydrogens (tertiary/aromatic N) is 3. The molecule has 0 saturated carbocycles. The summed E-state index contributed by atoms with van der Waals surface area (Å²) in [6.07, 6.45) is 1.86. The Morgan fingerprint density at radius 3 is 2.39 bits per heavy atom. The molecule has 0 saturated heterocycles. The number of fused-ring (bicyclic) bond motifs is 1. The maximum Gasteiger partial charge on any atom is 0.0998 e. The molecule has 0 bridgehead atoms. The molecule has 0 spiro atoms. The summed E-state index contributed by atoms with van der Waals surface area (Å²) in [6, 6.07) is 32.2. The van der Waals surface area contributed by atoms with Crippen LogP contribution in [0.5, 0.6) is 0 Å². The van der Waals surface area contributed by atoms with Gasteiger partial charge in [0, 0.05) is 17.4 Å². The van der Waals surface area contributed by atoms with E-state index >= 15 is 0 Å².